The number of nitro groups is 1. The smallest absolute Gasteiger partial charge is 0.286 e. The molecule has 0 fully saturated rings. The monoisotopic (exact) mass is 294 g/mol. The number of carbonyl (C=O) groups is 1. The molecule has 0 aromatic heterocycles. The van der Waals surface area contributed by atoms with E-state index in [1.807, 2.05) is 32.0 Å². The second kappa shape index (κ2) is 5.18. The van der Waals surface area contributed by atoms with Crippen LogP contribution in [0, 0.1) is 24.0 Å². The number of rotatable bonds is 2. The van der Waals surface area contributed by atoms with Crippen molar-refractivity contribution in [1.29, 1.82) is 0 Å². The van der Waals surface area contributed by atoms with E-state index in [0.717, 1.165) is 11.1 Å². The summed E-state index contributed by atoms with van der Waals surface area (Å²) in [7, 11) is 0. The van der Waals surface area contributed by atoms with Crippen LogP contribution >= 0.6 is 0 Å². The van der Waals surface area contributed by atoms with Gasteiger partial charge in [0.25, 0.3) is 0 Å². The van der Waals surface area contributed by atoms with E-state index in [1.165, 1.54) is 0 Å². The Labute approximate surface area is 127 Å². The molecule has 3 rings (SSSR count). The zero-order valence-electron chi connectivity index (χ0n) is 12.2. The van der Waals surface area contributed by atoms with Crippen LogP contribution in [0.15, 0.2) is 47.5 Å². The minimum absolute atomic E-state index is 0.220. The number of nitrogens with zero attached hydrogens (tertiary/aromatic N) is 2. The van der Waals surface area contributed by atoms with Gasteiger partial charge in [0.05, 0.1) is 5.69 Å². The number of hydrogen-bond acceptors (Lipinski definition) is 4. The third-order valence-corrected chi connectivity index (χ3v) is 3.78. The number of ketones is 1. The molecule has 2 aromatic rings. The molecule has 0 heterocycles. The molecule has 1 aliphatic rings. The number of aliphatic imine (C=N–C) groups is 1. The highest BCUT2D eigenvalue weighted by Gasteiger charge is 2.45. The second-order valence-electron chi connectivity index (χ2n) is 5.38. The van der Waals surface area contributed by atoms with Gasteiger partial charge in [-0.15, -0.1) is 0 Å². The molecule has 0 aliphatic heterocycles. The van der Waals surface area contributed by atoms with Gasteiger partial charge in [0.15, 0.2) is 0 Å². The molecule has 0 unspecified atom stereocenters. The lowest BCUT2D eigenvalue weighted by molar-refractivity contribution is -0.485. The van der Waals surface area contributed by atoms with Crippen molar-refractivity contribution in [1.82, 2.24) is 0 Å². The molecular weight excluding hydrogens is 280 g/mol. The molecule has 0 amide bonds. The number of Topliss-reactive ketones (excluding diaryl/α,β-unsaturated/α-hetero) is 1. The Morgan fingerprint density at radius 1 is 1.09 bits per heavy atom. The first-order valence-corrected chi connectivity index (χ1v) is 6.92. The van der Waals surface area contributed by atoms with Gasteiger partial charge in [0.1, 0.15) is 5.71 Å². The van der Waals surface area contributed by atoms with E-state index in [4.69, 9.17) is 0 Å². The van der Waals surface area contributed by atoms with Crippen molar-refractivity contribution in [2.45, 2.75) is 19.9 Å². The average Bonchev–Trinajstić information content (AvgIpc) is 2.75. The van der Waals surface area contributed by atoms with E-state index in [9.17, 15) is 14.9 Å². The summed E-state index contributed by atoms with van der Waals surface area (Å²) in [5, 5.41) is 11.3. The predicted molar refractivity (Wildman–Crippen MR) is 83.7 cm³/mol. The molecule has 22 heavy (non-hydrogen) atoms. The summed E-state index contributed by atoms with van der Waals surface area (Å²) in [5.74, 6) is -0.496. The molecule has 0 spiro atoms. The van der Waals surface area contributed by atoms with E-state index in [0.29, 0.717) is 16.8 Å². The summed E-state index contributed by atoms with van der Waals surface area (Å²) < 4.78 is 0. The lowest BCUT2D eigenvalue weighted by Gasteiger charge is -2.06. The van der Waals surface area contributed by atoms with Crippen LogP contribution in [-0.2, 0) is 0 Å². The first-order chi connectivity index (χ1) is 10.5. The largest absolute Gasteiger partial charge is 0.316 e. The molecule has 1 aliphatic carbocycles. The van der Waals surface area contributed by atoms with E-state index < -0.39 is 16.7 Å². The molecule has 2 aromatic carbocycles. The highest BCUT2D eigenvalue weighted by atomic mass is 16.6. The maximum Gasteiger partial charge on any atom is 0.316 e. The number of benzene rings is 2. The van der Waals surface area contributed by atoms with Crippen molar-refractivity contribution in [2.24, 2.45) is 4.99 Å². The number of carbonyl (C=O) groups excluding carboxylic acids is 1. The minimum atomic E-state index is -1.42. The third-order valence-electron chi connectivity index (χ3n) is 3.78. The van der Waals surface area contributed by atoms with Gasteiger partial charge in [-0.25, -0.2) is 4.99 Å². The topological polar surface area (TPSA) is 72.6 Å². The Balaban J connectivity index is 2.20. The standard InChI is InChI=1S/C17H14N2O3/c1-10-7-8-14(11(2)9-10)18-15-12-5-3-4-6-13(12)17(20)16(15)19(21)22/h3-9,16H,1-2H3/t16-/m1/s1. The highest BCUT2D eigenvalue weighted by molar-refractivity contribution is 6.30. The molecule has 0 saturated heterocycles. The molecular formula is C17H14N2O3. The van der Waals surface area contributed by atoms with Crippen molar-refractivity contribution < 1.29 is 9.72 Å². The van der Waals surface area contributed by atoms with Gasteiger partial charge in [-0.2, -0.15) is 0 Å². The lowest BCUT2D eigenvalue weighted by atomic mass is 10.1. The van der Waals surface area contributed by atoms with Gasteiger partial charge in [-0.05, 0) is 25.5 Å². The van der Waals surface area contributed by atoms with Crippen molar-refractivity contribution in [3.63, 3.8) is 0 Å². The van der Waals surface area contributed by atoms with Gasteiger partial charge in [-0.3, -0.25) is 14.9 Å². The van der Waals surface area contributed by atoms with Crippen LogP contribution < -0.4 is 0 Å². The molecule has 0 radical (unpaired) electrons. The van der Waals surface area contributed by atoms with Gasteiger partial charge in [-0.1, -0.05) is 42.0 Å². The van der Waals surface area contributed by atoms with Gasteiger partial charge in [0.2, 0.25) is 5.78 Å². The summed E-state index contributed by atoms with van der Waals surface area (Å²) in [6.45, 7) is 3.87. The maximum absolute atomic E-state index is 12.3. The predicted octanol–water partition coefficient (Wildman–Crippen LogP) is 3.27. The zero-order chi connectivity index (χ0) is 15.9. The molecule has 5 nitrogen and oxygen atoms in total. The summed E-state index contributed by atoms with van der Waals surface area (Å²) in [4.78, 5) is 27.5. The molecule has 5 heteroatoms. The van der Waals surface area contributed by atoms with Crippen LogP contribution in [-0.4, -0.2) is 22.5 Å². The Bertz CT molecular complexity index is 824. The van der Waals surface area contributed by atoms with Crippen molar-refractivity contribution in [3.05, 3.63) is 74.8 Å². The maximum atomic E-state index is 12.3. The van der Waals surface area contributed by atoms with Crippen LogP contribution in [0.5, 0.6) is 0 Å². The van der Waals surface area contributed by atoms with Gasteiger partial charge in [0, 0.05) is 16.1 Å². The first kappa shape index (κ1) is 14.1. The average molecular weight is 294 g/mol. The normalized spacial score (nSPS) is 18.5. The van der Waals surface area contributed by atoms with Crippen LogP contribution in [0.1, 0.15) is 27.0 Å². The fourth-order valence-electron chi connectivity index (χ4n) is 2.72. The van der Waals surface area contributed by atoms with Crippen LogP contribution in [0.4, 0.5) is 5.69 Å². The Morgan fingerprint density at radius 2 is 1.77 bits per heavy atom. The Morgan fingerprint density at radius 3 is 2.41 bits per heavy atom. The number of aryl methyl sites for hydroxylation is 2. The van der Waals surface area contributed by atoms with E-state index in [-0.39, 0.29) is 5.71 Å². The molecule has 1 atom stereocenters. The lowest BCUT2D eigenvalue weighted by Crippen LogP contribution is -2.31. The minimum Gasteiger partial charge on any atom is -0.286 e. The van der Waals surface area contributed by atoms with Crippen LogP contribution in [0.2, 0.25) is 0 Å². The fourth-order valence-corrected chi connectivity index (χ4v) is 2.72. The van der Waals surface area contributed by atoms with Crippen molar-refractivity contribution in [2.75, 3.05) is 0 Å². The van der Waals surface area contributed by atoms with E-state index in [1.54, 1.807) is 24.3 Å². The summed E-state index contributed by atoms with van der Waals surface area (Å²) >= 11 is 0. The first-order valence-electron chi connectivity index (χ1n) is 6.92. The summed E-state index contributed by atoms with van der Waals surface area (Å²) in [6.07, 6.45) is 0. The summed E-state index contributed by atoms with van der Waals surface area (Å²) in [5.41, 5.74) is 3.80. The Hall–Kier alpha value is -2.82. The van der Waals surface area contributed by atoms with Crippen molar-refractivity contribution >= 4 is 17.2 Å². The third kappa shape index (κ3) is 2.20. The molecule has 110 valence electrons. The highest BCUT2D eigenvalue weighted by Crippen LogP contribution is 2.28. The van der Waals surface area contributed by atoms with Gasteiger partial charge >= 0.3 is 6.04 Å². The molecule has 0 bridgehead atoms. The van der Waals surface area contributed by atoms with Gasteiger partial charge < -0.3 is 0 Å². The van der Waals surface area contributed by atoms with E-state index in [2.05, 4.69) is 4.99 Å². The Kier molecular flexibility index (Phi) is 3.33. The number of hydrogen-bond donors (Lipinski definition) is 0. The summed E-state index contributed by atoms with van der Waals surface area (Å²) in [6, 6.07) is 11.0. The van der Waals surface area contributed by atoms with E-state index >= 15 is 0 Å². The zero-order valence-corrected chi connectivity index (χ0v) is 12.2. The molecule has 0 saturated carbocycles. The fraction of sp³-hybridized carbons (Fsp3) is 0.176. The van der Waals surface area contributed by atoms with Crippen LogP contribution in [0.3, 0.4) is 0 Å². The SMILES string of the molecule is Cc1ccc(N=C2c3ccccc3C(=O)[C@@H]2[N+](=O)[O-])c(C)c1. The van der Waals surface area contributed by atoms with Crippen molar-refractivity contribution in [3.8, 4) is 0 Å². The molecule has 0 N–H and O–H groups in total. The second-order valence-corrected chi connectivity index (χ2v) is 5.38. The van der Waals surface area contributed by atoms with Crippen LogP contribution in [0.25, 0.3) is 0 Å². The quantitative estimate of drug-likeness (QED) is 0.630. The number of fused-ring (bicyclic) bond motifs is 1.